The highest BCUT2D eigenvalue weighted by atomic mass is 16.5. The van der Waals surface area contributed by atoms with Crippen molar-refractivity contribution >= 4 is 17.3 Å². The average Bonchev–Trinajstić information content (AvgIpc) is 3.49. The molecule has 4 rings (SSSR count). The number of anilines is 3. The van der Waals surface area contributed by atoms with E-state index in [0.29, 0.717) is 11.9 Å². The summed E-state index contributed by atoms with van der Waals surface area (Å²) in [7, 11) is 3.87. The highest BCUT2D eigenvalue weighted by molar-refractivity contribution is 5.68. The van der Waals surface area contributed by atoms with Crippen LogP contribution in [0.2, 0.25) is 0 Å². The van der Waals surface area contributed by atoms with E-state index in [1.807, 2.05) is 18.5 Å². The van der Waals surface area contributed by atoms with Gasteiger partial charge in [-0.2, -0.15) is 0 Å². The van der Waals surface area contributed by atoms with Crippen LogP contribution in [-0.2, 0) is 0 Å². The van der Waals surface area contributed by atoms with Gasteiger partial charge in [-0.05, 0) is 43.5 Å². The summed E-state index contributed by atoms with van der Waals surface area (Å²) in [6, 6.07) is 6.27. The third-order valence-electron chi connectivity index (χ3n) is 5.02. The first-order chi connectivity index (χ1) is 12.2. The van der Waals surface area contributed by atoms with E-state index in [9.17, 15) is 0 Å². The predicted octanol–water partition coefficient (Wildman–Crippen LogP) is 2.86. The second-order valence-electron chi connectivity index (χ2n) is 6.91. The molecule has 2 aliphatic rings. The Bertz CT molecular complexity index is 721. The largest absolute Gasteiger partial charge is 0.494 e. The normalized spacial score (nSPS) is 18.2. The molecule has 1 aromatic heterocycles. The number of methoxy groups -OCH3 is 1. The maximum atomic E-state index is 5.59. The lowest BCUT2D eigenvalue weighted by atomic mass is 10.2. The Hall–Kier alpha value is -2.34. The third-order valence-corrected chi connectivity index (χ3v) is 5.02. The van der Waals surface area contributed by atoms with E-state index in [1.165, 1.54) is 24.1 Å². The number of rotatable bonds is 5. The fraction of sp³-hybridized carbons (Fsp3) is 0.474. The van der Waals surface area contributed by atoms with E-state index in [-0.39, 0.29) is 0 Å². The molecule has 2 aromatic rings. The van der Waals surface area contributed by atoms with Crippen molar-refractivity contribution in [3.05, 3.63) is 36.2 Å². The molecule has 1 aliphatic heterocycles. The van der Waals surface area contributed by atoms with Gasteiger partial charge < -0.3 is 19.9 Å². The monoisotopic (exact) mass is 339 g/mol. The van der Waals surface area contributed by atoms with Gasteiger partial charge in [-0.3, -0.25) is 0 Å². The molecule has 2 fully saturated rings. The summed E-state index contributed by atoms with van der Waals surface area (Å²) in [6.45, 7) is 4.25. The zero-order chi connectivity index (χ0) is 17.2. The molecule has 132 valence electrons. The van der Waals surface area contributed by atoms with Crippen molar-refractivity contribution in [1.29, 1.82) is 0 Å². The van der Waals surface area contributed by atoms with Crippen molar-refractivity contribution in [1.82, 2.24) is 14.9 Å². The molecular weight excluding hydrogens is 314 g/mol. The molecule has 1 saturated heterocycles. The van der Waals surface area contributed by atoms with Crippen LogP contribution in [0.1, 0.15) is 24.3 Å². The Morgan fingerprint density at radius 3 is 2.44 bits per heavy atom. The number of nitrogens with zero attached hydrogens (tertiary/aromatic N) is 4. The highest BCUT2D eigenvalue weighted by Gasteiger charge is 2.24. The first-order valence-corrected chi connectivity index (χ1v) is 8.93. The molecule has 0 atom stereocenters. The molecule has 0 bridgehead atoms. The number of piperazine rings is 1. The van der Waals surface area contributed by atoms with Crippen LogP contribution in [-0.4, -0.2) is 55.2 Å². The summed E-state index contributed by atoms with van der Waals surface area (Å²) in [6.07, 6.45) is 6.38. The van der Waals surface area contributed by atoms with E-state index in [1.54, 1.807) is 7.11 Å². The zero-order valence-electron chi connectivity index (χ0n) is 14.9. The molecule has 0 unspecified atom stereocenters. The van der Waals surface area contributed by atoms with Crippen LogP contribution in [0.3, 0.4) is 0 Å². The van der Waals surface area contributed by atoms with Crippen molar-refractivity contribution in [2.24, 2.45) is 0 Å². The number of benzene rings is 1. The van der Waals surface area contributed by atoms with Gasteiger partial charge in [-0.15, -0.1) is 0 Å². The second kappa shape index (κ2) is 6.88. The van der Waals surface area contributed by atoms with Crippen LogP contribution in [0.15, 0.2) is 30.6 Å². The van der Waals surface area contributed by atoms with E-state index in [2.05, 4.69) is 44.3 Å². The lowest BCUT2D eigenvalue weighted by Crippen LogP contribution is -2.44. The Balaban J connectivity index is 1.49. The van der Waals surface area contributed by atoms with E-state index in [4.69, 9.17) is 4.74 Å². The van der Waals surface area contributed by atoms with Gasteiger partial charge in [-0.25, -0.2) is 9.97 Å². The smallest absolute Gasteiger partial charge is 0.227 e. The fourth-order valence-corrected chi connectivity index (χ4v) is 3.20. The quantitative estimate of drug-likeness (QED) is 0.904. The topological polar surface area (TPSA) is 53.5 Å². The van der Waals surface area contributed by atoms with Crippen LogP contribution in [0, 0.1) is 0 Å². The molecule has 0 radical (unpaired) electrons. The maximum Gasteiger partial charge on any atom is 0.227 e. The van der Waals surface area contributed by atoms with Crippen molar-refractivity contribution in [2.75, 3.05) is 50.6 Å². The molecule has 1 aliphatic carbocycles. The van der Waals surface area contributed by atoms with Gasteiger partial charge in [0.1, 0.15) is 5.75 Å². The van der Waals surface area contributed by atoms with Gasteiger partial charge in [0.2, 0.25) is 5.95 Å². The molecule has 1 saturated carbocycles. The van der Waals surface area contributed by atoms with E-state index in [0.717, 1.165) is 37.6 Å². The minimum atomic E-state index is 0.607. The standard InChI is InChI=1S/C19H25N5O/c1-23-7-9-24(10-8-23)16-5-6-17(18(11-16)25-2)22-19-20-12-15(13-21-19)14-3-4-14/h5-6,11-14H,3-4,7-10H2,1-2H3,(H,20,21,22). The fourth-order valence-electron chi connectivity index (χ4n) is 3.20. The van der Waals surface area contributed by atoms with Crippen molar-refractivity contribution in [3.63, 3.8) is 0 Å². The number of hydrogen-bond acceptors (Lipinski definition) is 6. The van der Waals surface area contributed by atoms with Gasteiger partial charge in [0, 0.05) is 50.3 Å². The summed E-state index contributed by atoms with van der Waals surface area (Å²) in [5.74, 6) is 2.09. The van der Waals surface area contributed by atoms with Gasteiger partial charge in [0.15, 0.2) is 0 Å². The van der Waals surface area contributed by atoms with E-state index < -0.39 is 0 Å². The van der Waals surface area contributed by atoms with Crippen molar-refractivity contribution in [2.45, 2.75) is 18.8 Å². The Labute approximate surface area is 148 Å². The summed E-state index contributed by atoms with van der Waals surface area (Å²) < 4.78 is 5.59. The van der Waals surface area contributed by atoms with Gasteiger partial charge in [-0.1, -0.05) is 0 Å². The Morgan fingerprint density at radius 2 is 1.80 bits per heavy atom. The predicted molar refractivity (Wildman–Crippen MR) is 100.0 cm³/mol. The van der Waals surface area contributed by atoms with Crippen LogP contribution >= 0.6 is 0 Å². The molecule has 1 N–H and O–H groups in total. The second-order valence-corrected chi connectivity index (χ2v) is 6.91. The van der Waals surface area contributed by atoms with Crippen LogP contribution in [0.25, 0.3) is 0 Å². The zero-order valence-corrected chi connectivity index (χ0v) is 14.9. The first kappa shape index (κ1) is 16.1. The maximum absolute atomic E-state index is 5.59. The van der Waals surface area contributed by atoms with Gasteiger partial charge in [0.05, 0.1) is 12.8 Å². The van der Waals surface area contributed by atoms with Crippen LogP contribution in [0.5, 0.6) is 5.75 Å². The van der Waals surface area contributed by atoms with Gasteiger partial charge in [0.25, 0.3) is 0 Å². The minimum Gasteiger partial charge on any atom is -0.494 e. The molecule has 2 heterocycles. The lowest BCUT2D eigenvalue weighted by Gasteiger charge is -2.34. The minimum absolute atomic E-state index is 0.607. The van der Waals surface area contributed by atoms with Crippen molar-refractivity contribution < 1.29 is 4.74 Å². The number of ether oxygens (including phenoxy) is 1. The Kier molecular flexibility index (Phi) is 4.44. The SMILES string of the molecule is COc1cc(N2CCN(C)CC2)ccc1Nc1ncc(C2CC2)cn1. The number of hydrogen-bond donors (Lipinski definition) is 1. The molecular formula is C19H25N5O. The molecule has 0 amide bonds. The molecule has 6 heteroatoms. The average molecular weight is 339 g/mol. The van der Waals surface area contributed by atoms with Crippen LogP contribution in [0.4, 0.5) is 17.3 Å². The lowest BCUT2D eigenvalue weighted by molar-refractivity contribution is 0.312. The van der Waals surface area contributed by atoms with Crippen molar-refractivity contribution in [3.8, 4) is 5.75 Å². The summed E-state index contributed by atoms with van der Waals surface area (Å²) in [5.41, 5.74) is 3.32. The van der Waals surface area contributed by atoms with E-state index >= 15 is 0 Å². The summed E-state index contributed by atoms with van der Waals surface area (Å²) in [5, 5.41) is 3.27. The first-order valence-electron chi connectivity index (χ1n) is 8.93. The summed E-state index contributed by atoms with van der Waals surface area (Å²) >= 11 is 0. The molecule has 1 aromatic carbocycles. The van der Waals surface area contributed by atoms with Crippen LogP contribution < -0.4 is 15.0 Å². The molecule has 0 spiro atoms. The number of aromatic nitrogens is 2. The highest BCUT2D eigenvalue weighted by Crippen LogP contribution is 2.39. The molecule has 6 nitrogen and oxygen atoms in total. The Morgan fingerprint density at radius 1 is 1.08 bits per heavy atom. The molecule has 25 heavy (non-hydrogen) atoms. The number of nitrogens with one attached hydrogen (secondary N) is 1. The third kappa shape index (κ3) is 3.69. The summed E-state index contributed by atoms with van der Waals surface area (Å²) in [4.78, 5) is 13.6. The number of likely N-dealkylation sites (N-methyl/N-ethyl adjacent to an activating group) is 1. The van der Waals surface area contributed by atoms with Gasteiger partial charge >= 0.3 is 0 Å².